The molecule has 2 fully saturated rings. The number of hydrogen-bond donors (Lipinski definition) is 0. The zero-order valence-corrected chi connectivity index (χ0v) is 10.8. The summed E-state index contributed by atoms with van der Waals surface area (Å²) in [5, 5.41) is 0. The average molecular weight is 229 g/mol. The minimum Gasteiger partial charge on any atom is -0.366 e. The van der Waals surface area contributed by atoms with Crippen LogP contribution < -0.4 is 4.90 Å². The van der Waals surface area contributed by atoms with Gasteiger partial charge in [0.15, 0.2) is 0 Å². The molecule has 92 valence electrons. The predicted octanol–water partition coefficient (Wildman–Crippen LogP) is 4.23. The lowest BCUT2D eigenvalue weighted by atomic mass is 9.86. The maximum Gasteiger partial charge on any atom is 0.0371 e. The highest BCUT2D eigenvalue weighted by Gasteiger charge is 2.35. The second-order valence-electron chi connectivity index (χ2n) is 5.89. The Hall–Kier alpha value is -0.980. The lowest BCUT2D eigenvalue weighted by Gasteiger charge is -2.38. The van der Waals surface area contributed by atoms with Crippen LogP contribution in [0.1, 0.15) is 45.4 Å². The summed E-state index contributed by atoms with van der Waals surface area (Å²) < 4.78 is 0. The van der Waals surface area contributed by atoms with Crippen molar-refractivity contribution < 1.29 is 0 Å². The molecule has 0 radical (unpaired) electrons. The monoisotopic (exact) mass is 229 g/mol. The van der Waals surface area contributed by atoms with Gasteiger partial charge in [0.25, 0.3) is 0 Å². The molecule has 1 aromatic rings. The van der Waals surface area contributed by atoms with E-state index in [4.69, 9.17) is 0 Å². The fourth-order valence-electron chi connectivity index (χ4n) is 3.19. The zero-order chi connectivity index (χ0) is 11.7. The summed E-state index contributed by atoms with van der Waals surface area (Å²) >= 11 is 0. The van der Waals surface area contributed by atoms with Crippen molar-refractivity contribution in [2.24, 2.45) is 5.92 Å². The Bertz CT molecular complexity index is 347. The van der Waals surface area contributed by atoms with Crippen molar-refractivity contribution in [3.63, 3.8) is 0 Å². The third kappa shape index (κ3) is 2.48. The van der Waals surface area contributed by atoms with Crippen LogP contribution in [0, 0.1) is 5.92 Å². The normalized spacial score (nSPS) is 29.0. The third-order valence-corrected chi connectivity index (χ3v) is 4.37. The van der Waals surface area contributed by atoms with Crippen LogP contribution in [0.25, 0.3) is 0 Å². The molecular weight excluding hydrogens is 206 g/mol. The summed E-state index contributed by atoms with van der Waals surface area (Å²) in [6.07, 6.45) is 8.43. The fraction of sp³-hybridized carbons (Fsp3) is 0.625. The molecule has 0 N–H and O–H groups in total. The molecule has 2 aliphatic carbocycles. The molecule has 3 rings (SSSR count). The Morgan fingerprint density at radius 3 is 1.88 bits per heavy atom. The van der Waals surface area contributed by atoms with Gasteiger partial charge in [0, 0.05) is 17.8 Å². The van der Waals surface area contributed by atoms with E-state index in [0.29, 0.717) is 0 Å². The number of benzene rings is 1. The van der Waals surface area contributed by atoms with Crippen LogP contribution >= 0.6 is 0 Å². The smallest absolute Gasteiger partial charge is 0.0371 e. The first-order valence-electron chi connectivity index (χ1n) is 7.18. The summed E-state index contributed by atoms with van der Waals surface area (Å²) in [5.41, 5.74) is 1.45. The van der Waals surface area contributed by atoms with Crippen LogP contribution in [0.15, 0.2) is 30.3 Å². The Labute approximate surface area is 105 Å². The largest absolute Gasteiger partial charge is 0.366 e. The summed E-state index contributed by atoms with van der Waals surface area (Å²) in [7, 11) is 0. The number of rotatable bonds is 3. The van der Waals surface area contributed by atoms with Crippen molar-refractivity contribution in [3.05, 3.63) is 30.3 Å². The molecule has 1 heteroatoms. The highest BCUT2D eigenvalue weighted by molar-refractivity contribution is 5.49. The van der Waals surface area contributed by atoms with Crippen molar-refractivity contribution in [3.8, 4) is 0 Å². The molecule has 0 heterocycles. The average Bonchev–Trinajstić information content (AvgIpc) is 3.18. The van der Waals surface area contributed by atoms with E-state index in [2.05, 4.69) is 42.2 Å². The molecule has 2 saturated carbocycles. The first-order valence-corrected chi connectivity index (χ1v) is 7.18. The Morgan fingerprint density at radius 2 is 1.35 bits per heavy atom. The quantitative estimate of drug-likeness (QED) is 0.749. The van der Waals surface area contributed by atoms with Gasteiger partial charge in [-0.25, -0.2) is 0 Å². The maximum atomic E-state index is 2.73. The zero-order valence-electron chi connectivity index (χ0n) is 10.8. The van der Waals surface area contributed by atoms with Gasteiger partial charge >= 0.3 is 0 Å². The molecule has 0 amide bonds. The molecule has 0 saturated heterocycles. The minimum absolute atomic E-state index is 0.807. The van der Waals surface area contributed by atoms with E-state index in [1.807, 2.05) is 0 Å². The Balaban J connectivity index is 1.76. The van der Waals surface area contributed by atoms with Gasteiger partial charge < -0.3 is 4.90 Å². The molecule has 0 aromatic heterocycles. The number of nitrogens with zero attached hydrogens (tertiary/aromatic N) is 1. The topological polar surface area (TPSA) is 3.24 Å². The third-order valence-electron chi connectivity index (χ3n) is 4.37. The molecule has 0 unspecified atom stereocenters. The molecule has 0 spiro atoms. The van der Waals surface area contributed by atoms with Crippen molar-refractivity contribution in [1.82, 2.24) is 0 Å². The first-order chi connectivity index (χ1) is 8.34. The van der Waals surface area contributed by atoms with E-state index >= 15 is 0 Å². The number of hydrogen-bond acceptors (Lipinski definition) is 1. The van der Waals surface area contributed by atoms with E-state index in [1.165, 1.54) is 44.2 Å². The molecule has 2 aliphatic rings. The van der Waals surface area contributed by atoms with E-state index in [9.17, 15) is 0 Å². The highest BCUT2D eigenvalue weighted by atomic mass is 15.2. The van der Waals surface area contributed by atoms with E-state index < -0.39 is 0 Å². The van der Waals surface area contributed by atoms with Crippen molar-refractivity contribution in [2.45, 2.75) is 57.5 Å². The van der Waals surface area contributed by atoms with Crippen molar-refractivity contribution in [1.29, 1.82) is 0 Å². The van der Waals surface area contributed by atoms with Crippen LogP contribution in [0.2, 0.25) is 0 Å². The number of para-hydroxylation sites is 1. The standard InChI is InChI=1S/C16H23N/c1-13-7-9-15(10-8-13)17(16-11-12-16)14-5-3-2-4-6-14/h2-6,13,15-16H,7-12H2,1H3. The molecule has 1 nitrogen and oxygen atoms in total. The molecule has 0 atom stereocenters. The summed E-state index contributed by atoms with van der Waals surface area (Å²) in [5.74, 6) is 0.947. The van der Waals surface area contributed by atoms with E-state index in [1.54, 1.807) is 0 Å². The number of anilines is 1. The minimum atomic E-state index is 0.807. The van der Waals surface area contributed by atoms with Crippen LogP contribution in [-0.4, -0.2) is 12.1 Å². The first kappa shape index (κ1) is 11.1. The van der Waals surface area contributed by atoms with Gasteiger partial charge in [0.05, 0.1) is 0 Å². The molecular formula is C16H23N. The molecule has 0 aliphatic heterocycles. The lowest BCUT2D eigenvalue weighted by molar-refractivity contribution is 0.332. The van der Waals surface area contributed by atoms with Crippen molar-refractivity contribution in [2.75, 3.05) is 4.90 Å². The second-order valence-corrected chi connectivity index (χ2v) is 5.89. The summed E-state index contributed by atoms with van der Waals surface area (Å²) in [4.78, 5) is 2.73. The van der Waals surface area contributed by atoms with E-state index in [0.717, 1.165) is 18.0 Å². The predicted molar refractivity (Wildman–Crippen MR) is 73.4 cm³/mol. The van der Waals surface area contributed by atoms with Crippen LogP contribution in [-0.2, 0) is 0 Å². The summed E-state index contributed by atoms with van der Waals surface area (Å²) in [6.45, 7) is 2.40. The van der Waals surface area contributed by atoms with Gasteiger partial charge in [-0.1, -0.05) is 25.1 Å². The molecule has 0 bridgehead atoms. The van der Waals surface area contributed by atoms with Gasteiger partial charge in [-0.2, -0.15) is 0 Å². The van der Waals surface area contributed by atoms with Crippen LogP contribution in [0.4, 0.5) is 5.69 Å². The Kier molecular flexibility index (Phi) is 3.09. The molecule has 1 aromatic carbocycles. The lowest BCUT2D eigenvalue weighted by Crippen LogP contribution is -2.39. The molecule has 17 heavy (non-hydrogen) atoms. The van der Waals surface area contributed by atoms with Gasteiger partial charge in [-0.3, -0.25) is 0 Å². The Morgan fingerprint density at radius 1 is 0.824 bits per heavy atom. The highest BCUT2D eigenvalue weighted by Crippen LogP contribution is 2.38. The van der Waals surface area contributed by atoms with E-state index in [-0.39, 0.29) is 0 Å². The summed E-state index contributed by atoms with van der Waals surface area (Å²) in [6, 6.07) is 12.7. The second kappa shape index (κ2) is 4.72. The van der Waals surface area contributed by atoms with Crippen LogP contribution in [0.5, 0.6) is 0 Å². The van der Waals surface area contributed by atoms with Crippen molar-refractivity contribution >= 4 is 5.69 Å². The van der Waals surface area contributed by atoms with Gasteiger partial charge in [0.1, 0.15) is 0 Å². The fourth-order valence-corrected chi connectivity index (χ4v) is 3.19. The van der Waals surface area contributed by atoms with Gasteiger partial charge in [-0.05, 0) is 56.6 Å². The van der Waals surface area contributed by atoms with Gasteiger partial charge in [0.2, 0.25) is 0 Å². The SMILES string of the molecule is CC1CCC(N(c2ccccc2)C2CC2)CC1. The van der Waals surface area contributed by atoms with Crippen LogP contribution in [0.3, 0.4) is 0 Å². The van der Waals surface area contributed by atoms with Gasteiger partial charge in [-0.15, -0.1) is 0 Å². The maximum absolute atomic E-state index is 2.73.